The number of carbonyl (C=O) groups is 2. The summed E-state index contributed by atoms with van der Waals surface area (Å²) in [5, 5.41) is 30.7. The molecular formula is C19H15N5O5. The van der Waals surface area contributed by atoms with Gasteiger partial charge in [0, 0.05) is 18.1 Å². The van der Waals surface area contributed by atoms with Crippen LogP contribution < -0.4 is 5.32 Å². The molecule has 0 fully saturated rings. The smallest absolute Gasteiger partial charge is 0.357 e. The van der Waals surface area contributed by atoms with Crippen molar-refractivity contribution >= 4 is 22.8 Å². The van der Waals surface area contributed by atoms with E-state index in [1.165, 1.54) is 30.6 Å². The minimum absolute atomic E-state index is 0.0160. The third-order valence-corrected chi connectivity index (χ3v) is 3.86. The highest BCUT2D eigenvalue weighted by Gasteiger charge is 2.18. The van der Waals surface area contributed by atoms with Crippen LogP contribution in [0.2, 0.25) is 0 Å². The molecule has 146 valence electrons. The molecule has 3 aromatic rings. The summed E-state index contributed by atoms with van der Waals surface area (Å²) < 4.78 is 4.79. The molecule has 0 aliphatic heterocycles. The topological polar surface area (TPSA) is 158 Å². The summed E-state index contributed by atoms with van der Waals surface area (Å²) in [4.78, 5) is 36.1. The second-order valence-electron chi connectivity index (χ2n) is 5.79. The summed E-state index contributed by atoms with van der Waals surface area (Å²) in [6.07, 6.45) is 2.73. The van der Waals surface area contributed by atoms with Crippen molar-refractivity contribution in [3.8, 4) is 11.8 Å². The molecule has 0 radical (unpaired) electrons. The maximum atomic E-state index is 12.4. The van der Waals surface area contributed by atoms with Crippen molar-refractivity contribution in [1.29, 1.82) is 5.26 Å². The molecule has 3 aromatic heterocycles. The van der Waals surface area contributed by atoms with Crippen molar-refractivity contribution in [3.63, 3.8) is 0 Å². The normalized spacial score (nSPS) is 10.3. The number of fused-ring (bicyclic) bond motifs is 1. The van der Waals surface area contributed by atoms with E-state index in [0.717, 1.165) is 0 Å². The highest BCUT2D eigenvalue weighted by Crippen LogP contribution is 2.26. The van der Waals surface area contributed by atoms with Gasteiger partial charge >= 0.3 is 5.97 Å². The largest absolute Gasteiger partial charge is 0.505 e. The monoisotopic (exact) mass is 393 g/mol. The van der Waals surface area contributed by atoms with E-state index in [1.807, 2.05) is 6.07 Å². The van der Waals surface area contributed by atoms with Crippen molar-refractivity contribution in [2.45, 2.75) is 6.54 Å². The van der Waals surface area contributed by atoms with Gasteiger partial charge in [-0.1, -0.05) is 6.07 Å². The first-order valence-electron chi connectivity index (χ1n) is 8.43. The van der Waals surface area contributed by atoms with Crippen LogP contribution in [0.5, 0.6) is 5.75 Å². The number of nitrogens with one attached hydrogen (secondary N) is 1. The van der Waals surface area contributed by atoms with Crippen LogP contribution in [0.3, 0.4) is 0 Å². The molecule has 0 unspecified atom stereocenters. The number of nitriles is 1. The minimum Gasteiger partial charge on any atom is -0.505 e. The Kier molecular flexibility index (Phi) is 5.91. The number of nitrogens with zero attached hydrogens (tertiary/aromatic N) is 4. The van der Waals surface area contributed by atoms with E-state index in [4.69, 9.17) is 15.1 Å². The van der Waals surface area contributed by atoms with Crippen LogP contribution in [0.15, 0.2) is 36.7 Å². The molecule has 0 spiro atoms. The number of pyridine rings is 3. The van der Waals surface area contributed by atoms with Gasteiger partial charge in [-0.25, -0.2) is 19.7 Å². The first kappa shape index (κ1) is 19.7. The number of carbonyl (C=O) groups excluding carboxylic acids is 2. The SMILES string of the molecule is N#Cc1ccc(CNC(=O)c2ncc3nc(C(=O)OCCO)ccc3c2O)cn1. The van der Waals surface area contributed by atoms with Crippen LogP contribution in [-0.2, 0) is 11.3 Å². The zero-order chi connectivity index (χ0) is 20.8. The minimum atomic E-state index is -0.724. The van der Waals surface area contributed by atoms with Crippen molar-refractivity contribution < 1.29 is 24.5 Å². The van der Waals surface area contributed by atoms with Crippen LogP contribution in [0.4, 0.5) is 0 Å². The predicted octanol–water partition coefficient (Wildman–Crippen LogP) is 0.681. The van der Waals surface area contributed by atoms with Crippen molar-refractivity contribution in [2.24, 2.45) is 0 Å². The molecule has 3 heterocycles. The molecule has 0 atom stereocenters. The highest BCUT2D eigenvalue weighted by atomic mass is 16.5. The van der Waals surface area contributed by atoms with Gasteiger partial charge in [-0.3, -0.25) is 4.79 Å². The fourth-order valence-electron chi connectivity index (χ4n) is 2.44. The van der Waals surface area contributed by atoms with Gasteiger partial charge in [-0.05, 0) is 23.8 Å². The van der Waals surface area contributed by atoms with E-state index in [9.17, 15) is 14.7 Å². The molecule has 0 aliphatic carbocycles. The summed E-state index contributed by atoms with van der Waals surface area (Å²) >= 11 is 0. The van der Waals surface area contributed by atoms with Crippen LogP contribution in [0.25, 0.3) is 10.9 Å². The fraction of sp³-hybridized carbons (Fsp3) is 0.158. The molecule has 0 bridgehead atoms. The zero-order valence-electron chi connectivity index (χ0n) is 15.0. The first-order valence-corrected chi connectivity index (χ1v) is 8.43. The number of aromatic hydroxyl groups is 1. The summed E-state index contributed by atoms with van der Waals surface area (Å²) in [6.45, 7) is -0.334. The number of hydrogen-bond donors (Lipinski definition) is 3. The number of aliphatic hydroxyl groups is 1. The highest BCUT2D eigenvalue weighted by molar-refractivity contribution is 6.01. The van der Waals surface area contributed by atoms with Gasteiger partial charge < -0.3 is 20.3 Å². The Hall–Kier alpha value is -4.10. The summed E-state index contributed by atoms with van der Waals surface area (Å²) in [5.74, 6) is -1.71. The van der Waals surface area contributed by atoms with Crippen molar-refractivity contribution in [1.82, 2.24) is 20.3 Å². The van der Waals surface area contributed by atoms with E-state index in [-0.39, 0.29) is 53.5 Å². The fourth-order valence-corrected chi connectivity index (χ4v) is 2.44. The second-order valence-corrected chi connectivity index (χ2v) is 5.79. The van der Waals surface area contributed by atoms with Gasteiger partial charge in [0.25, 0.3) is 5.91 Å². The Balaban J connectivity index is 1.76. The lowest BCUT2D eigenvalue weighted by Gasteiger charge is -2.09. The summed E-state index contributed by atoms with van der Waals surface area (Å²) in [6, 6.07) is 7.85. The van der Waals surface area contributed by atoms with E-state index >= 15 is 0 Å². The molecular weight excluding hydrogens is 378 g/mol. The van der Waals surface area contributed by atoms with E-state index in [0.29, 0.717) is 5.56 Å². The lowest BCUT2D eigenvalue weighted by molar-refractivity contribution is 0.0427. The van der Waals surface area contributed by atoms with Gasteiger partial charge in [0.2, 0.25) is 0 Å². The van der Waals surface area contributed by atoms with Crippen molar-refractivity contribution in [3.05, 3.63) is 59.3 Å². The number of hydrogen-bond acceptors (Lipinski definition) is 9. The number of amides is 1. The zero-order valence-corrected chi connectivity index (χ0v) is 15.0. The van der Waals surface area contributed by atoms with E-state index < -0.39 is 11.9 Å². The van der Waals surface area contributed by atoms with Crippen LogP contribution in [0, 0.1) is 11.3 Å². The van der Waals surface area contributed by atoms with Gasteiger partial charge in [-0.2, -0.15) is 5.26 Å². The molecule has 0 aliphatic rings. The van der Waals surface area contributed by atoms with Gasteiger partial charge in [-0.15, -0.1) is 0 Å². The molecule has 0 saturated carbocycles. The molecule has 1 amide bonds. The van der Waals surface area contributed by atoms with E-state index in [1.54, 1.807) is 6.07 Å². The Morgan fingerprint density at radius 2 is 2.00 bits per heavy atom. The second kappa shape index (κ2) is 8.73. The van der Waals surface area contributed by atoms with Gasteiger partial charge in [0.1, 0.15) is 24.1 Å². The Morgan fingerprint density at radius 1 is 1.17 bits per heavy atom. The molecule has 0 aromatic carbocycles. The maximum Gasteiger partial charge on any atom is 0.357 e. The Morgan fingerprint density at radius 3 is 2.69 bits per heavy atom. The lowest BCUT2D eigenvalue weighted by Crippen LogP contribution is -2.24. The lowest BCUT2D eigenvalue weighted by atomic mass is 10.1. The third kappa shape index (κ3) is 4.42. The quantitative estimate of drug-likeness (QED) is 0.512. The standard InChI is InChI=1S/C19H15N5O5/c20-7-12-2-1-11(8-21-12)9-23-18(27)16-17(26)13-3-4-14(19(28)29-6-5-25)24-15(13)10-22-16/h1-4,8,10,25-26H,5-6,9H2,(H,23,27). The van der Waals surface area contributed by atoms with Crippen molar-refractivity contribution in [2.75, 3.05) is 13.2 Å². The number of esters is 1. The molecule has 0 saturated heterocycles. The molecule has 29 heavy (non-hydrogen) atoms. The third-order valence-electron chi connectivity index (χ3n) is 3.86. The summed E-state index contributed by atoms with van der Waals surface area (Å²) in [7, 11) is 0. The molecule has 3 N–H and O–H groups in total. The predicted molar refractivity (Wildman–Crippen MR) is 98.7 cm³/mol. The van der Waals surface area contributed by atoms with Crippen LogP contribution >= 0.6 is 0 Å². The molecule has 3 rings (SSSR count). The molecule has 10 nitrogen and oxygen atoms in total. The molecule has 10 heteroatoms. The number of rotatable bonds is 6. The first-order chi connectivity index (χ1) is 14.0. The average Bonchev–Trinajstić information content (AvgIpc) is 2.76. The summed E-state index contributed by atoms with van der Waals surface area (Å²) in [5.41, 5.74) is 0.925. The van der Waals surface area contributed by atoms with E-state index in [2.05, 4.69) is 20.3 Å². The van der Waals surface area contributed by atoms with Crippen LogP contribution in [-0.4, -0.2) is 50.3 Å². The van der Waals surface area contributed by atoms with Gasteiger partial charge in [0.05, 0.1) is 18.3 Å². The van der Waals surface area contributed by atoms with Crippen LogP contribution in [0.1, 0.15) is 32.2 Å². The van der Waals surface area contributed by atoms with Gasteiger partial charge in [0.15, 0.2) is 11.4 Å². The Labute approximate surface area is 164 Å². The average molecular weight is 393 g/mol. The number of aromatic nitrogens is 3. The number of aliphatic hydroxyl groups excluding tert-OH is 1. The maximum absolute atomic E-state index is 12.4. The Bertz CT molecular complexity index is 1110. The number of ether oxygens (including phenoxy) is 1.